The Bertz CT molecular complexity index is 613. The zero-order valence-electron chi connectivity index (χ0n) is 12.2. The number of nitrogens with zero attached hydrogens (tertiary/aromatic N) is 2. The third-order valence-electron chi connectivity index (χ3n) is 3.36. The number of rotatable bonds is 4. The quantitative estimate of drug-likeness (QED) is 0.802. The first-order valence-corrected chi connectivity index (χ1v) is 7.12. The number of ketones is 1. The lowest BCUT2D eigenvalue weighted by atomic mass is 10.0. The summed E-state index contributed by atoms with van der Waals surface area (Å²) < 4.78 is 5.02. The number of halogens is 1. The largest absolute Gasteiger partial charge is 0.465 e. The first kappa shape index (κ1) is 15.5. The van der Waals surface area contributed by atoms with E-state index < -0.39 is 11.9 Å². The van der Waals surface area contributed by atoms with Gasteiger partial charge in [-0.3, -0.25) is 14.6 Å². The van der Waals surface area contributed by atoms with E-state index in [1.54, 1.807) is 18.0 Å². The van der Waals surface area contributed by atoms with E-state index in [1.165, 1.54) is 6.92 Å². The molecule has 1 heterocycles. The number of esters is 1. The van der Waals surface area contributed by atoms with Crippen molar-refractivity contribution in [2.75, 3.05) is 18.2 Å². The summed E-state index contributed by atoms with van der Waals surface area (Å²) in [7, 11) is 0. The number of ether oxygens (including phenoxy) is 1. The van der Waals surface area contributed by atoms with Crippen molar-refractivity contribution in [2.24, 2.45) is 11.0 Å². The van der Waals surface area contributed by atoms with E-state index in [9.17, 15) is 9.59 Å². The predicted octanol–water partition coefficient (Wildman–Crippen LogP) is 2.59. The SMILES string of the molecule is CCOC(=O)[C@H]1CN(c2cccc(Cl)c2C)N=C1C(C)=O. The lowest BCUT2D eigenvalue weighted by molar-refractivity contribution is -0.145. The summed E-state index contributed by atoms with van der Waals surface area (Å²) in [6.07, 6.45) is 0. The van der Waals surface area contributed by atoms with E-state index in [1.807, 2.05) is 19.1 Å². The number of hydrazone groups is 1. The van der Waals surface area contributed by atoms with Crippen LogP contribution in [0.1, 0.15) is 19.4 Å². The van der Waals surface area contributed by atoms with Crippen molar-refractivity contribution in [3.8, 4) is 0 Å². The number of hydrogen-bond acceptors (Lipinski definition) is 5. The van der Waals surface area contributed by atoms with Crippen LogP contribution in [0.5, 0.6) is 0 Å². The third kappa shape index (κ3) is 3.08. The highest BCUT2D eigenvalue weighted by atomic mass is 35.5. The topological polar surface area (TPSA) is 59.0 Å². The highest BCUT2D eigenvalue weighted by Crippen LogP contribution is 2.30. The summed E-state index contributed by atoms with van der Waals surface area (Å²) in [5, 5.41) is 6.54. The molecule has 0 aliphatic carbocycles. The zero-order valence-corrected chi connectivity index (χ0v) is 13.0. The summed E-state index contributed by atoms with van der Waals surface area (Å²) >= 11 is 6.11. The van der Waals surface area contributed by atoms with Crippen LogP contribution in [-0.2, 0) is 14.3 Å². The van der Waals surface area contributed by atoms with Gasteiger partial charge < -0.3 is 4.74 Å². The van der Waals surface area contributed by atoms with Crippen molar-refractivity contribution in [1.29, 1.82) is 0 Å². The first-order chi connectivity index (χ1) is 9.95. The molecule has 1 aliphatic heterocycles. The molecular formula is C15H17ClN2O3. The van der Waals surface area contributed by atoms with Gasteiger partial charge in [0.15, 0.2) is 5.78 Å². The van der Waals surface area contributed by atoms with E-state index >= 15 is 0 Å². The van der Waals surface area contributed by atoms with Gasteiger partial charge in [0.1, 0.15) is 11.6 Å². The normalized spacial score (nSPS) is 17.6. The van der Waals surface area contributed by atoms with Crippen molar-refractivity contribution in [3.63, 3.8) is 0 Å². The Morgan fingerprint density at radius 3 is 2.81 bits per heavy atom. The highest BCUT2D eigenvalue weighted by molar-refractivity contribution is 6.43. The molecule has 2 rings (SSSR count). The predicted molar refractivity (Wildman–Crippen MR) is 81.8 cm³/mol. The van der Waals surface area contributed by atoms with Gasteiger partial charge in [0, 0.05) is 11.9 Å². The van der Waals surface area contributed by atoms with Gasteiger partial charge in [-0.1, -0.05) is 17.7 Å². The monoisotopic (exact) mass is 308 g/mol. The van der Waals surface area contributed by atoms with Crippen LogP contribution >= 0.6 is 11.6 Å². The van der Waals surface area contributed by atoms with Gasteiger partial charge >= 0.3 is 5.97 Å². The molecule has 5 nitrogen and oxygen atoms in total. The standard InChI is InChI=1S/C15H17ClN2O3/c1-4-21-15(20)11-8-18(17-14(11)10(3)19)13-7-5-6-12(16)9(13)2/h5-7,11H,4,8H2,1-3H3/t11-/m0/s1. The van der Waals surface area contributed by atoms with Crippen molar-refractivity contribution >= 4 is 34.8 Å². The van der Waals surface area contributed by atoms with Gasteiger partial charge in [0.05, 0.1) is 18.8 Å². The summed E-state index contributed by atoms with van der Waals surface area (Å²) in [4.78, 5) is 23.7. The van der Waals surface area contributed by atoms with E-state index in [0.717, 1.165) is 11.3 Å². The molecule has 1 aromatic rings. The van der Waals surface area contributed by atoms with Crippen LogP contribution in [0, 0.1) is 12.8 Å². The molecule has 0 spiro atoms. The molecule has 0 fully saturated rings. The van der Waals surface area contributed by atoms with Crippen LogP contribution in [-0.4, -0.2) is 30.6 Å². The van der Waals surface area contributed by atoms with E-state index in [4.69, 9.17) is 16.3 Å². The number of benzene rings is 1. The minimum Gasteiger partial charge on any atom is -0.465 e. The maximum atomic E-state index is 12.0. The second kappa shape index (κ2) is 6.26. The molecule has 112 valence electrons. The molecule has 1 aliphatic rings. The van der Waals surface area contributed by atoms with Crippen molar-refractivity contribution in [3.05, 3.63) is 28.8 Å². The Morgan fingerprint density at radius 2 is 2.19 bits per heavy atom. The fourth-order valence-corrected chi connectivity index (χ4v) is 2.44. The molecule has 0 N–H and O–H groups in total. The summed E-state index contributed by atoms with van der Waals surface area (Å²) in [5.41, 5.74) is 1.87. The van der Waals surface area contributed by atoms with Crippen molar-refractivity contribution in [2.45, 2.75) is 20.8 Å². The maximum Gasteiger partial charge on any atom is 0.317 e. The van der Waals surface area contributed by atoms with E-state index in [-0.39, 0.29) is 24.6 Å². The molecule has 0 aromatic heterocycles. The molecular weight excluding hydrogens is 292 g/mol. The second-order valence-electron chi connectivity index (χ2n) is 4.81. The van der Waals surface area contributed by atoms with Crippen LogP contribution in [0.15, 0.2) is 23.3 Å². The molecule has 0 bridgehead atoms. The lowest BCUT2D eigenvalue weighted by Crippen LogP contribution is -2.31. The third-order valence-corrected chi connectivity index (χ3v) is 3.77. The Morgan fingerprint density at radius 1 is 1.48 bits per heavy atom. The molecule has 0 radical (unpaired) electrons. The number of anilines is 1. The van der Waals surface area contributed by atoms with E-state index in [2.05, 4.69) is 5.10 Å². The van der Waals surface area contributed by atoms with Crippen molar-refractivity contribution < 1.29 is 14.3 Å². The Kier molecular flexibility index (Phi) is 4.63. The average Bonchev–Trinajstić information content (AvgIpc) is 2.87. The molecule has 1 atom stereocenters. The van der Waals surface area contributed by atoms with E-state index in [0.29, 0.717) is 5.02 Å². The number of Topliss-reactive ketones (excluding diaryl/α,β-unsaturated/α-hetero) is 1. The lowest BCUT2D eigenvalue weighted by Gasteiger charge is -2.18. The van der Waals surface area contributed by atoms with Gasteiger partial charge in [-0.05, 0) is 31.5 Å². The van der Waals surface area contributed by atoms with Gasteiger partial charge in [0.2, 0.25) is 0 Å². The fraction of sp³-hybridized carbons (Fsp3) is 0.400. The molecule has 1 aromatic carbocycles. The van der Waals surface area contributed by atoms with Crippen LogP contribution in [0.2, 0.25) is 5.02 Å². The fourth-order valence-electron chi connectivity index (χ4n) is 2.27. The van der Waals surface area contributed by atoms with Gasteiger partial charge in [-0.2, -0.15) is 5.10 Å². The van der Waals surface area contributed by atoms with Crippen LogP contribution in [0.4, 0.5) is 5.69 Å². The summed E-state index contributed by atoms with van der Waals surface area (Å²) in [6.45, 7) is 5.57. The second-order valence-corrected chi connectivity index (χ2v) is 5.22. The molecule has 0 unspecified atom stereocenters. The van der Waals surface area contributed by atoms with Gasteiger partial charge in [0.25, 0.3) is 0 Å². The van der Waals surface area contributed by atoms with Crippen LogP contribution in [0.25, 0.3) is 0 Å². The molecule has 0 saturated heterocycles. The minimum absolute atomic E-state index is 0.227. The average molecular weight is 309 g/mol. The van der Waals surface area contributed by atoms with Crippen molar-refractivity contribution in [1.82, 2.24) is 0 Å². The zero-order chi connectivity index (χ0) is 15.6. The van der Waals surface area contributed by atoms with Crippen LogP contribution in [0.3, 0.4) is 0 Å². The first-order valence-electron chi connectivity index (χ1n) is 6.74. The number of carbonyl (C=O) groups excluding carboxylic acids is 2. The van der Waals surface area contributed by atoms with Gasteiger partial charge in [-0.15, -0.1) is 0 Å². The molecule has 21 heavy (non-hydrogen) atoms. The summed E-state index contributed by atoms with van der Waals surface area (Å²) in [6, 6.07) is 5.45. The maximum absolute atomic E-state index is 12.0. The van der Waals surface area contributed by atoms with Gasteiger partial charge in [-0.25, -0.2) is 0 Å². The molecule has 0 saturated carbocycles. The molecule has 6 heteroatoms. The molecule has 0 amide bonds. The Labute approximate surface area is 128 Å². The number of hydrogen-bond donors (Lipinski definition) is 0. The van der Waals surface area contributed by atoms with Crippen LogP contribution < -0.4 is 5.01 Å². The highest BCUT2D eigenvalue weighted by Gasteiger charge is 2.37. The smallest absolute Gasteiger partial charge is 0.317 e. The number of carbonyl (C=O) groups is 2. The summed E-state index contributed by atoms with van der Waals surface area (Å²) in [5.74, 6) is -1.30. The Hall–Kier alpha value is -1.88. The minimum atomic E-state index is -0.652. The Balaban J connectivity index is 2.34.